The molecule has 4 nitrogen and oxygen atoms in total. The Morgan fingerprint density at radius 2 is 1.61 bits per heavy atom. The van der Waals surface area contributed by atoms with E-state index in [-0.39, 0.29) is 26.2 Å². The summed E-state index contributed by atoms with van der Waals surface area (Å²) in [5, 5.41) is 3.60. The zero-order valence-electron chi connectivity index (χ0n) is 18.0. The molecular weight excluding hydrogens is 672 g/mol. The Kier molecular flexibility index (Phi) is 10.4. The predicted octanol–water partition coefficient (Wildman–Crippen LogP) is 7.41. The molecule has 0 aromatic heterocycles. The molecule has 2 amide bonds. The average molecular weight is 688 g/mol. The topological polar surface area (TPSA) is 58.2 Å². The standard InChI is InChI=1S/C22H16Cl3F6IN2O2/c1-10(19(35)33-9-21(26,27)28)34-20(36)13-4-2-11(6-17(13)32)3-5-14(22(29,30)31)12-7-15(23)18(25)16(24)8-12/h2-8,10,14H,9H2,1H3,(H,33,35)(H,34,36)/b5-3+/t10-,14?/m1/s1. The third kappa shape index (κ3) is 8.70. The molecule has 2 N–H and O–H groups in total. The molecule has 2 atom stereocenters. The summed E-state index contributed by atoms with van der Waals surface area (Å²) in [5.41, 5.74) is 0.181. The van der Waals surface area contributed by atoms with Crippen molar-refractivity contribution in [2.24, 2.45) is 0 Å². The van der Waals surface area contributed by atoms with Crippen molar-refractivity contribution in [1.29, 1.82) is 0 Å². The van der Waals surface area contributed by atoms with Gasteiger partial charge < -0.3 is 10.6 Å². The summed E-state index contributed by atoms with van der Waals surface area (Å²) in [7, 11) is 0. The molecule has 0 fully saturated rings. The molecular formula is C22H16Cl3F6IN2O2. The maximum Gasteiger partial charge on any atom is 0.405 e. The second kappa shape index (κ2) is 12.2. The molecule has 2 aromatic carbocycles. The molecule has 0 aliphatic heterocycles. The maximum atomic E-state index is 13.7. The fourth-order valence-corrected chi connectivity index (χ4v) is 4.27. The lowest BCUT2D eigenvalue weighted by atomic mass is 9.97. The molecule has 0 heterocycles. The lowest BCUT2D eigenvalue weighted by Crippen LogP contribution is -2.47. The molecule has 0 saturated heterocycles. The molecule has 2 aromatic rings. The van der Waals surface area contributed by atoms with Crippen molar-refractivity contribution in [1.82, 2.24) is 10.6 Å². The minimum Gasteiger partial charge on any atom is -0.345 e. The number of allylic oxidation sites excluding steroid dienone is 1. The van der Waals surface area contributed by atoms with Crippen LogP contribution in [0, 0.1) is 3.57 Å². The second-order valence-corrected chi connectivity index (χ2v) is 9.80. The Morgan fingerprint density at radius 1 is 1.03 bits per heavy atom. The highest BCUT2D eigenvalue weighted by atomic mass is 127. The van der Waals surface area contributed by atoms with Gasteiger partial charge in [-0.3, -0.25) is 9.59 Å². The quantitative estimate of drug-likeness (QED) is 0.181. The van der Waals surface area contributed by atoms with Gasteiger partial charge in [-0.25, -0.2) is 0 Å². The zero-order valence-corrected chi connectivity index (χ0v) is 22.4. The van der Waals surface area contributed by atoms with E-state index in [9.17, 15) is 35.9 Å². The van der Waals surface area contributed by atoms with Gasteiger partial charge in [0, 0.05) is 3.57 Å². The van der Waals surface area contributed by atoms with E-state index < -0.39 is 42.7 Å². The molecule has 0 bridgehead atoms. The van der Waals surface area contributed by atoms with Crippen molar-refractivity contribution in [3.63, 3.8) is 0 Å². The molecule has 0 aliphatic carbocycles. The first-order valence-electron chi connectivity index (χ1n) is 9.84. The minimum absolute atomic E-state index is 0.0671. The van der Waals surface area contributed by atoms with E-state index in [1.54, 1.807) is 27.9 Å². The van der Waals surface area contributed by atoms with Crippen molar-refractivity contribution >= 4 is 75.3 Å². The van der Waals surface area contributed by atoms with Gasteiger partial charge in [-0.05, 0) is 64.9 Å². The van der Waals surface area contributed by atoms with Crippen molar-refractivity contribution in [2.75, 3.05) is 6.54 Å². The zero-order chi connectivity index (χ0) is 27.4. The van der Waals surface area contributed by atoms with E-state index in [2.05, 4.69) is 5.32 Å². The van der Waals surface area contributed by atoms with Crippen LogP contribution >= 0.6 is 57.4 Å². The monoisotopic (exact) mass is 686 g/mol. The molecule has 0 saturated carbocycles. The number of halogens is 10. The first-order valence-corrected chi connectivity index (χ1v) is 12.0. The fraction of sp³-hybridized carbons (Fsp3) is 0.273. The van der Waals surface area contributed by atoms with Crippen molar-refractivity contribution in [2.45, 2.75) is 31.2 Å². The number of rotatable bonds is 7. The normalized spacial score (nSPS) is 14.0. The Hall–Kier alpha value is -1.70. The van der Waals surface area contributed by atoms with Crippen LogP contribution in [0.25, 0.3) is 6.08 Å². The number of hydrogen-bond donors (Lipinski definition) is 2. The first-order chi connectivity index (χ1) is 16.5. The number of carbonyl (C=O) groups is 2. The number of amides is 2. The summed E-state index contributed by atoms with van der Waals surface area (Å²) in [6.45, 7) is -0.335. The summed E-state index contributed by atoms with van der Waals surface area (Å²) >= 11 is 19.3. The Labute approximate surface area is 230 Å². The van der Waals surface area contributed by atoms with Crippen LogP contribution in [0.2, 0.25) is 15.1 Å². The number of hydrogen-bond acceptors (Lipinski definition) is 2. The van der Waals surface area contributed by atoms with Crippen LogP contribution in [-0.2, 0) is 4.79 Å². The average Bonchev–Trinajstić information content (AvgIpc) is 2.74. The summed E-state index contributed by atoms with van der Waals surface area (Å²) in [6, 6.07) is 4.99. The van der Waals surface area contributed by atoms with E-state index in [0.717, 1.165) is 18.2 Å². The van der Waals surface area contributed by atoms with Gasteiger partial charge in [-0.1, -0.05) is 53.0 Å². The largest absolute Gasteiger partial charge is 0.405 e. The first kappa shape index (κ1) is 30.5. The predicted molar refractivity (Wildman–Crippen MR) is 134 cm³/mol. The van der Waals surface area contributed by atoms with Gasteiger partial charge >= 0.3 is 12.4 Å². The molecule has 36 heavy (non-hydrogen) atoms. The third-order valence-electron chi connectivity index (χ3n) is 4.64. The van der Waals surface area contributed by atoms with E-state index in [1.807, 2.05) is 0 Å². The lowest BCUT2D eigenvalue weighted by Gasteiger charge is -2.18. The van der Waals surface area contributed by atoms with E-state index in [1.165, 1.54) is 31.2 Å². The molecule has 0 radical (unpaired) electrons. The fourth-order valence-electron chi connectivity index (χ4n) is 2.87. The van der Waals surface area contributed by atoms with Gasteiger partial charge in [-0.15, -0.1) is 0 Å². The highest BCUT2D eigenvalue weighted by molar-refractivity contribution is 14.1. The Morgan fingerprint density at radius 3 is 2.11 bits per heavy atom. The third-order valence-corrected chi connectivity index (χ3v) is 6.73. The lowest BCUT2D eigenvalue weighted by molar-refractivity contribution is -0.139. The van der Waals surface area contributed by atoms with Crippen LogP contribution in [0.1, 0.15) is 34.3 Å². The van der Waals surface area contributed by atoms with Gasteiger partial charge in [-0.2, -0.15) is 26.3 Å². The maximum absolute atomic E-state index is 13.7. The minimum atomic E-state index is -4.67. The molecule has 1 unspecified atom stereocenters. The summed E-state index contributed by atoms with van der Waals surface area (Å²) < 4.78 is 78.2. The van der Waals surface area contributed by atoms with E-state index in [4.69, 9.17) is 34.8 Å². The molecule has 196 valence electrons. The number of nitrogens with one attached hydrogen (secondary N) is 2. The molecule has 0 spiro atoms. The molecule has 2 rings (SSSR count). The van der Waals surface area contributed by atoms with Crippen LogP contribution in [0.3, 0.4) is 0 Å². The molecule has 14 heteroatoms. The van der Waals surface area contributed by atoms with Gasteiger partial charge in [0.15, 0.2) is 0 Å². The Balaban J connectivity index is 2.19. The van der Waals surface area contributed by atoms with Crippen molar-refractivity contribution < 1.29 is 35.9 Å². The Bertz CT molecular complexity index is 1150. The second-order valence-electron chi connectivity index (χ2n) is 7.44. The van der Waals surface area contributed by atoms with E-state index in [0.29, 0.717) is 9.13 Å². The highest BCUT2D eigenvalue weighted by Crippen LogP contribution is 2.41. The van der Waals surface area contributed by atoms with Crippen LogP contribution in [0.4, 0.5) is 26.3 Å². The smallest absolute Gasteiger partial charge is 0.345 e. The van der Waals surface area contributed by atoms with Crippen LogP contribution in [-0.4, -0.2) is 36.8 Å². The van der Waals surface area contributed by atoms with Crippen LogP contribution < -0.4 is 10.6 Å². The number of carbonyl (C=O) groups excluding carboxylic acids is 2. The number of alkyl halides is 6. The summed E-state index contributed by atoms with van der Waals surface area (Å²) in [4.78, 5) is 24.2. The highest BCUT2D eigenvalue weighted by Gasteiger charge is 2.39. The van der Waals surface area contributed by atoms with Crippen molar-refractivity contribution in [3.05, 3.63) is 71.7 Å². The SMILES string of the molecule is C[C@@H](NC(=O)c1ccc(/C=C/C(c2cc(Cl)c(Cl)c(Cl)c2)C(F)(F)F)cc1I)C(=O)NCC(F)(F)F. The summed E-state index contributed by atoms with van der Waals surface area (Å²) in [6.07, 6.45) is -7.18. The van der Waals surface area contributed by atoms with Gasteiger partial charge in [0.1, 0.15) is 12.6 Å². The van der Waals surface area contributed by atoms with E-state index >= 15 is 0 Å². The van der Waals surface area contributed by atoms with Crippen LogP contribution in [0.15, 0.2) is 36.4 Å². The van der Waals surface area contributed by atoms with Gasteiger partial charge in [0.25, 0.3) is 5.91 Å². The summed E-state index contributed by atoms with van der Waals surface area (Å²) in [5.74, 6) is -3.83. The van der Waals surface area contributed by atoms with Gasteiger partial charge in [0.2, 0.25) is 5.91 Å². The molecule has 0 aliphatic rings. The number of benzene rings is 2. The van der Waals surface area contributed by atoms with Crippen molar-refractivity contribution in [3.8, 4) is 0 Å². The van der Waals surface area contributed by atoms with Crippen LogP contribution in [0.5, 0.6) is 0 Å². The van der Waals surface area contributed by atoms with Gasteiger partial charge in [0.05, 0.1) is 26.5 Å².